The number of hydrogen-bond acceptors (Lipinski definition) is 5. The van der Waals surface area contributed by atoms with Gasteiger partial charge < -0.3 is 10.1 Å². The lowest BCUT2D eigenvalue weighted by Gasteiger charge is -2.21. The van der Waals surface area contributed by atoms with Crippen LogP contribution in [0.4, 0.5) is 0 Å². The van der Waals surface area contributed by atoms with Crippen LogP contribution in [-0.4, -0.2) is 40.5 Å². The molecule has 2 heterocycles. The third kappa shape index (κ3) is 5.20. The highest BCUT2D eigenvalue weighted by Crippen LogP contribution is 2.23. The number of hydrogen-bond donors (Lipinski definition) is 1. The van der Waals surface area contributed by atoms with E-state index in [0.717, 1.165) is 26.0 Å². The molecule has 4 rings (SSSR count). The summed E-state index contributed by atoms with van der Waals surface area (Å²) in [4.78, 5) is 30.1. The first kappa shape index (κ1) is 20.4. The number of carbonyl (C=O) groups is 1. The van der Waals surface area contributed by atoms with Crippen molar-refractivity contribution in [2.24, 2.45) is 5.92 Å². The Hall–Kier alpha value is -1.86. The van der Waals surface area contributed by atoms with E-state index in [2.05, 4.69) is 5.32 Å². The second-order valence-electron chi connectivity index (χ2n) is 8.06. The number of benzene rings is 1. The fourth-order valence-electron chi connectivity index (χ4n) is 4.24. The zero-order valence-electron chi connectivity index (χ0n) is 16.8. The average Bonchev–Trinajstić information content (AvgIpc) is 3.27. The summed E-state index contributed by atoms with van der Waals surface area (Å²) >= 11 is 1.34. The summed E-state index contributed by atoms with van der Waals surface area (Å²) in [5, 5.41) is 4.27. The molecule has 2 aromatic rings. The van der Waals surface area contributed by atoms with E-state index >= 15 is 0 Å². The van der Waals surface area contributed by atoms with Crippen LogP contribution in [0.15, 0.2) is 34.2 Å². The smallest absolute Gasteiger partial charge is 0.262 e. The number of nitrogens with one attached hydrogen (secondary N) is 1. The van der Waals surface area contributed by atoms with E-state index in [1.165, 1.54) is 43.9 Å². The number of carbonyl (C=O) groups excluding carboxylic acids is 1. The fraction of sp³-hybridized carbons (Fsp3) is 0.591. The van der Waals surface area contributed by atoms with Gasteiger partial charge in [0.2, 0.25) is 5.91 Å². The molecule has 1 N–H and O–H groups in total. The summed E-state index contributed by atoms with van der Waals surface area (Å²) in [5.41, 5.74) is 0.613. The molecule has 7 heteroatoms. The third-order valence-corrected chi connectivity index (χ3v) is 6.86. The summed E-state index contributed by atoms with van der Waals surface area (Å²) < 4.78 is 7.43. The van der Waals surface area contributed by atoms with E-state index in [4.69, 9.17) is 9.72 Å². The highest BCUT2D eigenvalue weighted by molar-refractivity contribution is 7.99. The quantitative estimate of drug-likeness (QED) is 0.554. The molecule has 1 unspecified atom stereocenters. The number of thioether (sulfide) groups is 1. The van der Waals surface area contributed by atoms with Crippen LogP contribution >= 0.6 is 11.8 Å². The minimum absolute atomic E-state index is 0.00616. The normalized spacial score (nSPS) is 20.2. The molecule has 2 aliphatic rings. The number of ether oxygens (including phenoxy) is 1. The van der Waals surface area contributed by atoms with Gasteiger partial charge in [-0.2, -0.15) is 0 Å². The SMILES string of the molecule is O=C(CSc1nc2ccccc2c(=O)n1CC1CCCO1)NCC1CCCCC1. The van der Waals surface area contributed by atoms with Crippen LogP contribution in [0.2, 0.25) is 0 Å². The van der Waals surface area contributed by atoms with Crippen molar-refractivity contribution in [3.05, 3.63) is 34.6 Å². The van der Waals surface area contributed by atoms with Gasteiger partial charge in [-0.05, 0) is 43.7 Å². The predicted molar refractivity (Wildman–Crippen MR) is 115 cm³/mol. The van der Waals surface area contributed by atoms with E-state index in [1.807, 2.05) is 24.3 Å². The first-order valence-corrected chi connectivity index (χ1v) is 11.7. The summed E-state index contributed by atoms with van der Waals surface area (Å²) in [7, 11) is 0. The summed E-state index contributed by atoms with van der Waals surface area (Å²) in [6, 6.07) is 7.39. The molecule has 29 heavy (non-hydrogen) atoms. The molecule has 156 valence electrons. The van der Waals surface area contributed by atoms with Crippen LogP contribution < -0.4 is 10.9 Å². The Bertz CT molecular complexity index is 902. The van der Waals surface area contributed by atoms with Gasteiger partial charge in [0.15, 0.2) is 5.16 Å². The standard InChI is InChI=1S/C22H29N3O3S/c26-20(23-13-16-7-2-1-3-8-16)15-29-22-24-19-11-5-4-10-18(19)21(27)25(22)14-17-9-6-12-28-17/h4-5,10-11,16-17H,1-3,6-9,12-15H2,(H,23,26). The third-order valence-electron chi connectivity index (χ3n) is 5.88. The molecule has 1 saturated carbocycles. The number of rotatable bonds is 7. The van der Waals surface area contributed by atoms with Crippen LogP contribution in [0.5, 0.6) is 0 Å². The van der Waals surface area contributed by atoms with Gasteiger partial charge >= 0.3 is 0 Å². The number of amides is 1. The molecule has 6 nitrogen and oxygen atoms in total. The van der Waals surface area contributed by atoms with Gasteiger partial charge in [-0.25, -0.2) is 4.98 Å². The first-order valence-electron chi connectivity index (χ1n) is 10.7. The van der Waals surface area contributed by atoms with E-state index in [1.54, 1.807) is 4.57 Å². The Morgan fingerprint density at radius 3 is 2.79 bits per heavy atom. The van der Waals surface area contributed by atoms with Crippen LogP contribution in [0.1, 0.15) is 44.9 Å². The highest BCUT2D eigenvalue weighted by Gasteiger charge is 2.21. The molecule has 1 aliphatic carbocycles. The van der Waals surface area contributed by atoms with E-state index in [0.29, 0.717) is 28.5 Å². The van der Waals surface area contributed by atoms with Crippen LogP contribution in [0.3, 0.4) is 0 Å². The van der Waals surface area contributed by atoms with Gasteiger partial charge in [0.25, 0.3) is 5.56 Å². The maximum atomic E-state index is 13.1. The molecule has 0 spiro atoms. The second kappa shape index (κ2) is 9.76. The Morgan fingerprint density at radius 2 is 2.00 bits per heavy atom. The monoisotopic (exact) mass is 415 g/mol. The lowest BCUT2D eigenvalue weighted by Crippen LogP contribution is -2.32. The van der Waals surface area contributed by atoms with Gasteiger partial charge in [0.05, 0.1) is 29.3 Å². The van der Waals surface area contributed by atoms with Crippen molar-refractivity contribution in [1.29, 1.82) is 0 Å². The van der Waals surface area contributed by atoms with E-state index < -0.39 is 0 Å². The summed E-state index contributed by atoms with van der Waals surface area (Å²) in [6.45, 7) is 1.99. The molecular formula is C22H29N3O3S. The molecule has 1 amide bonds. The number of fused-ring (bicyclic) bond motifs is 1. The minimum atomic E-state index is -0.0591. The Kier molecular flexibility index (Phi) is 6.87. The molecule has 1 aliphatic heterocycles. The van der Waals surface area contributed by atoms with Crippen molar-refractivity contribution in [2.75, 3.05) is 18.9 Å². The first-order chi connectivity index (χ1) is 14.2. The van der Waals surface area contributed by atoms with Crippen molar-refractivity contribution in [2.45, 2.75) is 62.8 Å². The second-order valence-corrected chi connectivity index (χ2v) is 9.00. The topological polar surface area (TPSA) is 73.2 Å². The lowest BCUT2D eigenvalue weighted by molar-refractivity contribution is -0.118. The summed E-state index contributed by atoms with van der Waals surface area (Å²) in [6.07, 6.45) is 8.28. The number of aromatic nitrogens is 2. The maximum Gasteiger partial charge on any atom is 0.262 e. The lowest BCUT2D eigenvalue weighted by atomic mass is 9.89. The van der Waals surface area contributed by atoms with Crippen LogP contribution in [-0.2, 0) is 16.1 Å². The molecule has 1 aromatic heterocycles. The zero-order chi connectivity index (χ0) is 20.1. The van der Waals surface area contributed by atoms with Gasteiger partial charge in [-0.15, -0.1) is 0 Å². The van der Waals surface area contributed by atoms with E-state index in [9.17, 15) is 9.59 Å². The molecule has 0 radical (unpaired) electrons. The van der Waals surface area contributed by atoms with Gasteiger partial charge in [0.1, 0.15) is 0 Å². The van der Waals surface area contributed by atoms with Crippen molar-refractivity contribution >= 4 is 28.6 Å². The summed E-state index contributed by atoms with van der Waals surface area (Å²) in [5.74, 6) is 0.879. The number of para-hydroxylation sites is 1. The largest absolute Gasteiger partial charge is 0.376 e. The molecular weight excluding hydrogens is 386 g/mol. The van der Waals surface area contributed by atoms with Gasteiger partial charge in [0, 0.05) is 13.2 Å². The van der Waals surface area contributed by atoms with Crippen LogP contribution in [0, 0.1) is 5.92 Å². The molecule has 1 aromatic carbocycles. The van der Waals surface area contributed by atoms with Crippen molar-refractivity contribution in [1.82, 2.24) is 14.9 Å². The van der Waals surface area contributed by atoms with Crippen molar-refractivity contribution in [3.8, 4) is 0 Å². The minimum Gasteiger partial charge on any atom is -0.376 e. The average molecular weight is 416 g/mol. The number of nitrogens with zero attached hydrogens (tertiary/aromatic N) is 2. The Balaban J connectivity index is 1.46. The van der Waals surface area contributed by atoms with Crippen molar-refractivity contribution in [3.63, 3.8) is 0 Å². The van der Waals surface area contributed by atoms with Gasteiger partial charge in [-0.1, -0.05) is 43.2 Å². The highest BCUT2D eigenvalue weighted by atomic mass is 32.2. The van der Waals surface area contributed by atoms with Gasteiger partial charge in [-0.3, -0.25) is 14.2 Å². The molecule has 1 atom stereocenters. The molecule has 2 fully saturated rings. The Morgan fingerprint density at radius 1 is 1.17 bits per heavy atom. The predicted octanol–water partition coefficient (Wildman–Crippen LogP) is 3.36. The maximum absolute atomic E-state index is 13.1. The van der Waals surface area contributed by atoms with E-state index in [-0.39, 0.29) is 23.3 Å². The zero-order valence-corrected chi connectivity index (χ0v) is 17.6. The Labute approximate surface area is 175 Å². The fourth-order valence-corrected chi connectivity index (χ4v) is 5.08. The molecule has 1 saturated heterocycles. The van der Waals surface area contributed by atoms with Crippen LogP contribution in [0.25, 0.3) is 10.9 Å². The van der Waals surface area contributed by atoms with Crippen molar-refractivity contribution < 1.29 is 9.53 Å². The molecule has 0 bridgehead atoms.